The Bertz CT molecular complexity index is 345. The average molecular weight is 193 g/mol. The number of anilines is 1. The van der Waals surface area contributed by atoms with Gasteiger partial charge in [-0.1, -0.05) is 18.2 Å². The van der Waals surface area contributed by atoms with Crippen molar-refractivity contribution in [3.63, 3.8) is 0 Å². The van der Waals surface area contributed by atoms with E-state index in [4.69, 9.17) is 10.5 Å². The molecule has 0 aliphatic carbocycles. The van der Waals surface area contributed by atoms with Gasteiger partial charge in [-0.2, -0.15) is 0 Å². The highest BCUT2D eigenvalue weighted by molar-refractivity contribution is 5.84. The van der Waals surface area contributed by atoms with Crippen LogP contribution in [0.4, 0.5) is 5.69 Å². The molecule has 0 saturated carbocycles. The standard InChI is InChI=1S/C11H15NO2/c1-11(2,10(13)14-3)8-6-4-5-7-9(8)12/h4-7H,12H2,1-3H3. The molecule has 0 heterocycles. The second-order valence-electron chi connectivity index (χ2n) is 3.70. The number of para-hydroxylation sites is 1. The van der Waals surface area contributed by atoms with Gasteiger partial charge in [-0.3, -0.25) is 4.79 Å². The lowest BCUT2D eigenvalue weighted by Gasteiger charge is -2.23. The molecule has 0 radical (unpaired) electrons. The van der Waals surface area contributed by atoms with Crippen LogP contribution in [0, 0.1) is 0 Å². The number of carbonyl (C=O) groups excluding carboxylic acids is 1. The maximum Gasteiger partial charge on any atom is 0.315 e. The van der Waals surface area contributed by atoms with Gasteiger partial charge in [0.2, 0.25) is 0 Å². The smallest absolute Gasteiger partial charge is 0.315 e. The van der Waals surface area contributed by atoms with Crippen LogP contribution in [-0.2, 0) is 14.9 Å². The number of nitrogen functional groups attached to an aromatic ring is 1. The first-order valence-electron chi connectivity index (χ1n) is 4.43. The van der Waals surface area contributed by atoms with Crippen molar-refractivity contribution in [3.8, 4) is 0 Å². The van der Waals surface area contributed by atoms with Crippen molar-refractivity contribution < 1.29 is 9.53 Å². The molecule has 3 nitrogen and oxygen atoms in total. The third kappa shape index (κ3) is 1.71. The molecule has 76 valence electrons. The molecule has 0 unspecified atom stereocenters. The second kappa shape index (κ2) is 3.70. The minimum Gasteiger partial charge on any atom is -0.468 e. The molecule has 0 aliphatic heterocycles. The first-order chi connectivity index (χ1) is 6.50. The molecule has 0 saturated heterocycles. The Morgan fingerprint density at radius 1 is 1.36 bits per heavy atom. The van der Waals surface area contributed by atoms with Gasteiger partial charge in [0.05, 0.1) is 12.5 Å². The first kappa shape index (κ1) is 10.6. The minimum absolute atomic E-state index is 0.282. The van der Waals surface area contributed by atoms with E-state index in [0.717, 1.165) is 5.56 Å². The normalized spacial score (nSPS) is 11.1. The summed E-state index contributed by atoms with van der Waals surface area (Å²) in [5, 5.41) is 0. The molecule has 2 N–H and O–H groups in total. The number of rotatable bonds is 2. The van der Waals surface area contributed by atoms with Crippen molar-refractivity contribution >= 4 is 11.7 Å². The average Bonchev–Trinajstić information content (AvgIpc) is 2.17. The summed E-state index contributed by atoms with van der Waals surface area (Å²) in [6, 6.07) is 7.31. The fraction of sp³-hybridized carbons (Fsp3) is 0.364. The largest absolute Gasteiger partial charge is 0.468 e. The monoisotopic (exact) mass is 193 g/mol. The molecule has 1 aromatic rings. The van der Waals surface area contributed by atoms with E-state index in [2.05, 4.69) is 0 Å². The highest BCUT2D eigenvalue weighted by atomic mass is 16.5. The lowest BCUT2D eigenvalue weighted by Crippen LogP contribution is -2.31. The second-order valence-corrected chi connectivity index (χ2v) is 3.70. The van der Waals surface area contributed by atoms with Gasteiger partial charge in [-0.05, 0) is 25.5 Å². The highest BCUT2D eigenvalue weighted by Crippen LogP contribution is 2.28. The van der Waals surface area contributed by atoms with Crippen LogP contribution in [0.25, 0.3) is 0 Å². The van der Waals surface area contributed by atoms with Crippen LogP contribution in [0.2, 0.25) is 0 Å². The van der Waals surface area contributed by atoms with Crippen LogP contribution in [0.3, 0.4) is 0 Å². The molecule has 0 aromatic heterocycles. The Hall–Kier alpha value is -1.51. The van der Waals surface area contributed by atoms with Crippen molar-refractivity contribution in [2.45, 2.75) is 19.3 Å². The maximum absolute atomic E-state index is 11.5. The quantitative estimate of drug-likeness (QED) is 0.574. The van der Waals surface area contributed by atoms with Crippen molar-refractivity contribution in [1.82, 2.24) is 0 Å². The van der Waals surface area contributed by atoms with E-state index in [-0.39, 0.29) is 5.97 Å². The maximum atomic E-state index is 11.5. The van der Waals surface area contributed by atoms with Gasteiger partial charge < -0.3 is 10.5 Å². The summed E-state index contributed by atoms with van der Waals surface area (Å²) < 4.78 is 4.73. The molecule has 1 aromatic carbocycles. The highest BCUT2D eigenvalue weighted by Gasteiger charge is 2.32. The molecule has 0 bridgehead atoms. The fourth-order valence-electron chi connectivity index (χ4n) is 1.43. The number of carbonyl (C=O) groups is 1. The summed E-state index contributed by atoms with van der Waals surface area (Å²) in [5.74, 6) is -0.282. The van der Waals surface area contributed by atoms with Gasteiger partial charge in [0.25, 0.3) is 0 Å². The molecule has 0 aliphatic rings. The van der Waals surface area contributed by atoms with Gasteiger partial charge in [-0.25, -0.2) is 0 Å². The number of hydrogen-bond donors (Lipinski definition) is 1. The van der Waals surface area contributed by atoms with Crippen molar-refractivity contribution in [1.29, 1.82) is 0 Å². The number of hydrogen-bond acceptors (Lipinski definition) is 3. The summed E-state index contributed by atoms with van der Waals surface area (Å²) in [5.41, 5.74) is 6.51. The zero-order valence-corrected chi connectivity index (χ0v) is 8.70. The predicted octanol–water partition coefficient (Wildman–Crippen LogP) is 1.72. The molecular weight excluding hydrogens is 178 g/mol. The molecule has 14 heavy (non-hydrogen) atoms. The Labute approximate surface area is 83.9 Å². The molecule has 0 fully saturated rings. The third-order valence-corrected chi connectivity index (χ3v) is 2.33. The summed E-state index contributed by atoms with van der Waals surface area (Å²) >= 11 is 0. The van der Waals surface area contributed by atoms with Crippen LogP contribution in [0.15, 0.2) is 24.3 Å². The van der Waals surface area contributed by atoms with Gasteiger partial charge in [0, 0.05) is 5.69 Å². The van der Waals surface area contributed by atoms with Crippen LogP contribution in [0.5, 0.6) is 0 Å². The summed E-state index contributed by atoms with van der Waals surface area (Å²) in [6.07, 6.45) is 0. The van der Waals surface area contributed by atoms with Gasteiger partial charge in [0.15, 0.2) is 0 Å². The number of ether oxygens (including phenoxy) is 1. The molecule has 0 amide bonds. The van der Waals surface area contributed by atoms with Crippen molar-refractivity contribution in [2.75, 3.05) is 12.8 Å². The summed E-state index contributed by atoms with van der Waals surface area (Å²) in [4.78, 5) is 11.5. The molecule has 0 spiro atoms. The van der Waals surface area contributed by atoms with E-state index in [0.29, 0.717) is 5.69 Å². The number of methoxy groups -OCH3 is 1. The van der Waals surface area contributed by atoms with E-state index in [1.807, 2.05) is 18.2 Å². The Kier molecular flexibility index (Phi) is 2.79. The molecule has 1 rings (SSSR count). The van der Waals surface area contributed by atoms with Crippen LogP contribution in [-0.4, -0.2) is 13.1 Å². The molecule has 0 atom stereocenters. The van der Waals surface area contributed by atoms with Crippen LogP contribution in [0.1, 0.15) is 19.4 Å². The van der Waals surface area contributed by atoms with Gasteiger partial charge in [0.1, 0.15) is 0 Å². The Morgan fingerprint density at radius 3 is 2.43 bits per heavy atom. The lowest BCUT2D eigenvalue weighted by atomic mass is 9.84. The van der Waals surface area contributed by atoms with E-state index in [9.17, 15) is 4.79 Å². The fourth-order valence-corrected chi connectivity index (χ4v) is 1.43. The van der Waals surface area contributed by atoms with Crippen molar-refractivity contribution in [3.05, 3.63) is 29.8 Å². The molecular formula is C11H15NO2. The zero-order chi connectivity index (χ0) is 10.8. The lowest BCUT2D eigenvalue weighted by molar-refractivity contribution is -0.146. The van der Waals surface area contributed by atoms with E-state index in [1.165, 1.54) is 7.11 Å². The van der Waals surface area contributed by atoms with Crippen LogP contribution >= 0.6 is 0 Å². The summed E-state index contributed by atoms with van der Waals surface area (Å²) in [7, 11) is 1.38. The van der Waals surface area contributed by atoms with Gasteiger partial charge >= 0.3 is 5.97 Å². The zero-order valence-electron chi connectivity index (χ0n) is 8.70. The topological polar surface area (TPSA) is 52.3 Å². The number of benzene rings is 1. The molecule has 3 heteroatoms. The van der Waals surface area contributed by atoms with Gasteiger partial charge in [-0.15, -0.1) is 0 Å². The summed E-state index contributed by atoms with van der Waals surface area (Å²) in [6.45, 7) is 3.59. The third-order valence-electron chi connectivity index (χ3n) is 2.33. The van der Waals surface area contributed by atoms with Crippen molar-refractivity contribution in [2.24, 2.45) is 0 Å². The van der Waals surface area contributed by atoms with Crippen LogP contribution < -0.4 is 5.73 Å². The Morgan fingerprint density at radius 2 is 1.93 bits per heavy atom. The van der Waals surface area contributed by atoms with E-state index >= 15 is 0 Å². The number of esters is 1. The minimum atomic E-state index is -0.694. The SMILES string of the molecule is COC(=O)C(C)(C)c1ccccc1N. The number of nitrogens with two attached hydrogens (primary N) is 1. The Balaban J connectivity index is 3.16. The predicted molar refractivity (Wildman–Crippen MR) is 55.9 cm³/mol. The first-order valence-corrected chi connectivity index (χ1v) is 4.43. The van der Waals surface area contributed by atoms with E-state index in [1.54, 1.807) is 19.9 Å². The van der Waals surface area contributed by atoms with E-state index < -0.39 is 5.41 Å².